The van der Waals surface area contributed by atoms with Gasteiger partial charge in [-0.05, 0) is 99.6 Å². The molecule has 10 heteroatoms. The number of hydrogen-bond acceptors (Lipinski definition) is 10. The number of benzene rings is 2. The van der Waals surface area contributed by atoms with Gasteiger partial charge in [0.15, 0.2) is 23.2 Å². The van der Waals surface area contributed by atoms with E-state index >= 15 is 0 Å². The van der Waals surface area contributed by atoms with E-state index in [4.69, 9.17) is 30.9 Å². The molecule has 2 aliphatic carbocycles. The van der Waals surface area contributed by atoms with Crippen LogP contribution in [0.1, 0.15) is 108 Å². The monoisotopic (exact) mass is 642 g/mol. The van der Waals surface area contributed by atoms with Gasteiger partial charge < -0.3 is 31.6 Å². The lowest BCUT2D eigenvalue weighted by Crippen LogP contribution is -2.47. The molecule has 2 aromatic rings. The highest BCUT2D eigenvalue weighted by atomic mass is 16.5. The fraction of sp³-hybridized carbons (Fsp3) is 0.568. The molecule has 10 nitrogen and oxygen atoms in total. The van der Waals surface area contributed by atoms with E-state index in [2.05, 4.69) is 58.7 Å². The number of nitrogens with two attached hydrogens (primary N) is 2. The highest BCUT2D eigenvalue weighted by Gasteiger charge is 2.36. The van der Waals surface area contributed by atoms with E-state index in [-0.39, 0.29) is 11.3 Å². The van der Waals surface area contributed by atoms with Crippen molar-refractivity contribution in [3.8, 4) is 11.5 Å². The Kier molecular flexibility index (Phi) is 12.1. The average Bonchev–Trinajstić information content (AvgIpc) is 3.49. The summed E-state index contributed by atoms with van der Waals surface area (Å²) in [5, 5.41) is 6.26. The first-order valence-electron chi connectivity index (χ1n) is 17.7. The minimum atomic E-state index is -0.313. The maximum absolute atomic E-state index is 6.01. The third-order valence-electron chi connectivity index (χ3n) is 9.07. The fourth-order valence-corrected chi connectivity index (χ4v) is 6.54. The van der Waals surface area contributed by atoms with E-state index in [0.717, 1.165) is 101 Å². The number of nitrogens with zero attached hydrogens (tertiary/aromatic N) is 4. The maximum atomic E-state index is 6.01. The second kappa shape index (κ2) is 16.7. The molecule has 0 unspecified atom stereocenters. The summed E-state index contributed by atoms with van der Waals surface area (Å²) in [5.41, 5.74) is 13.8. The zero-order valence-corrected chi connectivity index (χ0v) is 28.4. The predicted octanol–water partition coefficient (Wildman–Crippen LogP) is 6.38. The van der Waals surface area contributed by atoms with Crippen LogP contribution < -0.4 is 31.6 Å². The van der Waals surface area contributed by atoms with Crippen LogP contribution in [0, 0.1) is 0 Å². The lowest BCUT2D eigenvalue weighted by atomic mass is 9.89. The number of amidine groups is 2. The van der Waals surface area contributed by atoms with Crippen LogP contribution in [0.5, 0.6) is 11.5 Å². The molecule has 2 spiro atoms. The molecule has 0 bridgehead atoms. The first-order chi connectivity index (χ1) is 22.9. The number of aliphatic imine (C=N–C) groups is 4. The van der Waals surface area contributed by atoms with E-state index < -0.39 is 0 Å². The topological polar surface area (TPSA) is 144 Å². The number of rotatable bonds is 12. The van der Waals surface area contributed by atoms with Gasteiger partial charge in [-0.1, -0.05) is 57.4 Å². The van der Waals surface area contributed by atoms with Crippen molar-refractivity contribution in [2.45, 2.75) is 121 Å². The first-order valence-corrected chi connectivity index (χ1v) is 17.7. The highest BCUT2D eigenvalue weighted by Crippen LogP contribution is 2.36. The molecule has 0 saturated heterocycles. The Labute approximate surface area is 280 Å². The van der Waals surface area contributed by atoms with Gasteiger partial charge in [0, 0.05) is 12.8 Å². The molecule has 4 aliphatic rings. The summed E-state index contributed by atoms with van der Waals surface area (Å²) in [6, 6.07) is 16.5. The number of hydrogen-bond donors (Lipinski definition) is 4. The van der Waals surface area contributed by atoms with Crippen molar-refractivity contribution >= 4 is 23.6 Å². The molecular formula is C37H54N8O2. The standard InChI is InChI=1S/C19H28N4O.C18H26N4O/c1-2-3-13-24-16-9-7-15(8-10-16)14-17-21-18(20)23-19(22-17)11-5-4-6-12-19;1-2-3-12-23-15-8-6-14(7-9-15)13-16-20-17(19)22-18(21-16)10-4-5-11-18/h7-10H,2-6,11-14H2,1H3,(H3,20,21,22,23);6-9H,2-5,10-13H2,1H3,(H3,19,20,21,22). The molecule has 6 N–H and O–H groups in total. The van der Waals surface area contributed by atoms with Crippen molar-refractivity contribution in [2.24, 2.45) is 31.4 Å². The van der Waals surface area contributed by atoms with Gasteiger partial charge >= 0.3 is 0 Å². The van der Waals surface area contributed by atoms with Crippen molar-refractivity contribution < 1.29 is 9.47 Å². The molecule has 2 aliphatic heterocycles. The van der Waals surface area contributed by atoms with Crippen LogP contribution in [0.4, 0.5) is 0 Å². The van der Waals surface area contributed by atoms with Gasteiger partial charge in [0.1, 0.15) is 23.2 Å². The molecule has 0 aromatic heterocycles. The van der Waals surface area contributed by atoms with Gasteiger partial charge in [-0.3, -0.25) is 0 Å². The van der Waals surface area contributed by atoms with Crippen molar-refractivity contribution in [2.75, 3.05) is 13.2 Å². The fourth-order valence-electron chi connectivity index (χ4n) is 6.54. The summed E-state index contributed by atoms with van der Waals surface area (Å²) in [4.78, 5) is 18.9. The summed E-state index contributed by atoms with van der Waals surface area (Å²) in [5.74, 6) is 4.69. The molecule has 47 heavy (non-hydrogen) atoms. The third-order valence-corrected chi connectivity index (χ3v) is 9.07. The largest absolute Gasteiger partial charge is 0.494 e. The molecule has 2 saturated carbocycles. The SMILES string of the molecule is CCCCOc1ccc(CC2=NC3(CCCC3)N=C(N)N2)cc1.CCCCOc1ccc(CC2=NC3(CCCCC3)N=C(N)N2)cc1. The van der Waals surface area contributed by atoms with E-state index in [0.29, 0.717) is 11.9 Å². The molecule has 254 valence electrons. The first kappa shape index (κ1) is 34.3. The third kappa shape index (κ3) is 10.2. The lowest BCUT2D eigenvalue weighted by molar-refractivity contribution is 0.306. The molecule has 0 atom stereocenters. The summed E-state index contributed by atoms with van der Waals surface area (Å²) in [6.45, 7) is 5.88. The molecule has 2 aromatic carbocycles. The average molecular weight is 643 g/mol. The Hall–Kier alpha value is -4.08. The molecule has 2 heterocycles. The zero-order chi connectivity index (χ0) is 33.0. The van der Waals surface area contributed by atoms with Crippen molar-refractivity contribution in [3.05, 3.63) is 59.7 Å². The number of nitrogens with one attached hydrogen (secondary N) is 2. The Morgan fingerprint density at radius 2 is 0.957 bits per heavy atom. The van der Waals surface area contributed by atoms with Crippen LogP contribution in [-0.4, -0.2) is 48.1 Å². The van der Waals surface area contributed by atoms with Gasteiger partial charge in [-0.15, -0.1) is 0 Å². The number of guanidine groups is 2. The van der Waals surface area contributed by atoms with Crippen LogP contribution in [0.3, 0.4) is 0 Å². The van der Waals surface area contributed by atoms with Gasteiger partial charge in [0.2, 0.25) is 0 Å². The molecular weight excluding hydrogens is 588 g/mol. The number of unbranched alkanes of at least 4 members (excludes halogenated alkanes) is 2. The normalized spacial score (nSPS) is 19.3. The Balaban J connectivity index is 0.000000185. The summed E-state index contributed by atoms with van der Waals surface area (Å²) in [7, 11) is 0. The van der Waals surface area contributed by atoms with E-state index in [1.165, 1.54) is 43.2 Å². The maximum Gasteiger partial charge on any atom is 0.196 e. The molecule has 2 fully saturated rings. The smallest absolute Gasteiger partial charge is 0.196 e. The Morgan fingerprint density at radius 3 is 1.34 bits per heavy atom. The van der Waals surface area contributed by atoms with Gasteiger partial charge in [-0.2, -0.15) is 0 Å². The Bertz CT molecular complexity index is 1400. The zero-order valence-electron chi connectivity index (χ0n) is 28.4. The van der Waals surface area contributed by atoms with Gasteiger partial charge in [-0.25, -0.2) is 20.0 Å². The lowest BCUT2D eigenvalue weighted by Gasteiger charge is -2.34. The predicted molar refractivity (Wildman–Crippen MR) is 192 cm³/mol. The highest BCUT2D eigenvalue weighted by molar-refractivity contribution is 6.02. The molecule has 0 amide bonds. The van der Waals surface area contributed by atoms with Gasteiger partial charge in [0.25, 0.3) is 0 Å². The summed E-state index contributed by atoms with van der Waals surface area (Å²) >= 11 is 0. The van der Waals surface area contributed by atoms with Gasteiger partial charge in [0.05, 0.1) is 13.2 Å². The summed E-state index contributed by atoms with van der Waals surface area (Å²) in [6.07, 6.45) is 16.0. The Morgan fingerprint density at radius 1 is 0.574 bits per heavy atom. The van der Waals surface area contributed by atoms with Crippen molar-refractivity contribution in [1.29, 1.82) is 0 Å². The van der Waals surface area contributed by atoms with E-state index in [1.807, 2.05) is 24.3 Å². The van der Waals surface area contributed by atoms with E-state index in [9.17, 15) is 0 Å². The van der Waals surface area contributed by atoms with Crippen LogP contribution in [0.2, 0.25) is 0 Å². The van der Waals surface area contributed by atoms with Crippen LogP contribution in [-0.2, 0) is 12.8 Å². The number of ether oxygens (including phenoxy) is 2. The minimum absolute atomic E-state index is 0.298. The van der Waals surface area contributed by atoms with Crippen molar-refractivity contribution in [3.63, 3.8) is 0 Å². The minimum Gasteiger partial charge on any atom is -0.494 e. The van der Waals surface area contributed by atoms with E-state index in [1.54, 1.807) is 0 Å². The van der Waals surface area contributed by atoms with Crippen LogP contribution in [0.25, 0.3) is 0 Å². The molecule has 0 radical (unpaired) electrons. The second-order valence-corrected chi connectivity index (χ2v) is 13.1. The molecule has 6 rings (SSSR count). The summed E-state index contributed by atoms with van der Waals surface area (Å²) < 4.78 is 11.4. The van der Waals surface area contributed by atoms with Crippen LogP contribution >= 0.6 is 0 Å². The van der Waals surface area contributed by atoms with Crippen molar-refractivity contribution in [1.82, 2.24) is 10.6 Å². The quantitative estimate of drug-likeness (QED) is 0.198. The second-order valence-electron chi connectivity index (χ2n) is 13.1. The van der Waals surface area contributed by atoms with Crippen LogP contribution in [0.15, 0.2) is 68.5 Å².